The van der Waals surface area contributed by atoms with Crippen LogP contribution >= 0.6 is 11.6 Å². The van der Waals surface area contributed by atoms with Crippen LogP contribution in [-0.4, -0.2) is 8.42 Å². The first kappa shape index (κ1) is 8.56. The van der Waals surface area contributed by atoms with Gasteiger partial charge in [-0.25, -0.2) is 8.42 Å². The lowest BCUT2D eigenvalue weighted by atomic mass is 10.2. The molecule has 0 spiro atoms. The summed E-state index contributed by atoms with van der Waals surface area (Å²) in [7, 11) is -2.48. The third-order valence-corrected chi connectivity index (χ3v) is 2.28. The standard InChI is InChI=1S/C7H7ClO2S/c8-5-6-2-1-3-7(4-6)11(9)10/h1-4,11H,5H2. The molecule has 0 saturated carbocycles. The van der Waals surface area contributed by atoms with E-state index in [-0.39, 0.29) is 0 Å². The zero-order chi connectivity index (χ0) is 8.27. The van der Waals surface area contributed by atoms with E-state index in [2.05, 4.69) is 0 Å². The molecule has 4 heteroatoms. The summed E-state index contributed by atoms with van der Waals surface area (Å²) in [5, 5.41) is 0. The Morgan fingerprint density at radius 3 is 2.64 bits per heavy atom. The minimum Gasteiger partial charge on any atom is -0.227 e. The van der Waals surface area contributed by atoms with Crippen molar-refractivity contribution in [3.05, 3.63) is 29.8 Å². The highest BCUT2D eigenvalue weighted by molar-refractivity contribution is 7.72. The fourth-order valence-corrected chi connectivity index (χ4v) is 1.40. The van der Waals surface area contributed by atoms with E-state index in [1.807, 2.05) is 0 Å². The molecule has 0 radical (unpaired) electrons. The molecule has 0 aliphatic carbocycles. The highest BCUT2D eigenvalue weighted by Crippen LogP contribution is 2.08. The van der Waals surface area contributed by atoms with Gasteiger partial charge in [0.1, 0.15) is 0 Å². The Morgan fingerprint density at radius 1 is 1.36 bits per heavy atom. The second kappa shape index (κ2) is 3.74. The van der Waals surface area contributed by atoms with Gasteiger partial charge in [-0.05, 0) is 17.7 Å². The molecule has 11 heavy (non-hydrogen) atoms. The van der Waals surface area contributed by atoms with Crippen molar-refractivity contribution in [2.45, 2.75) is 10.8 Å². The molecule has 2 nitrogen and oxygen atoms in total. The summed E-state index contributed by atoms with van der Waals surface area (Å²) in [6.07, 6.45) is 0. The van der Waals surface area contributed by atoms with Crippen molar-refractivity contribution in [3.63, 3.8) is 0 Å². The van der Waals surface area contributed by atoms with Crippen molar-refractivity contribution in [1.82, 2.24) is 0 Å². The smallest absolute Gasteiger partial charge is 0.168 e. The summed E-state index contributed by atoms with van der Waals surface area (Å²) in [5.74, 6) is 0.344. The van der Waals surface area contributed by atoms with E-state index in [4.69, 9.17) is 11.6 Å². The van der Waals surface area contributed by atoms with E-state index < -0.39 is 10.7 Å². The Hall–Kier alpha value is -0.540. The molecular formula is C7H7ClO2S. The second-order valence-electron chi connectivity index (χ2n) is 2.06. The Balaban J connectivity index is 3.10. The van der Waals surface area contributed by atoms with Gasteiger partial charge in [-0.15, -0.1) is 11.6 Å². The van der Waals surface area contributed by atoms with Gasteiger partial charge in [-0.3, -0.25) is 0 Å². The summed E-state index contributed by atoms with van der Waals surface area (Å²) in [4.78, 5) is 0.318. The topological polar surface area (TPSA) is 34.1 Å². The zero-order valence-corrected chi connectivity index (χ0v) is 7.31. The van der Waals surface area contributed by atoms with Gasteiger partial charge >= 0.3 is 0 Å². The minimum absolute atomic E-state index is 0.318. The summed E-state index contributed by atoms with van der Waals surface area (Å²) in [6, 6.07) is 6.58. The van der Waals surface area contributed by atoms with Gasteiger partial charge in [0, 0.05) is 5.88 Å². The van der Waals surface area contributed by atoms with E-state index in [0.717, 1.165) is 5.56 Å². The molecule has 60 valence electrons. The van der Waals surface area contributed by atoms with E-state index in [1.165, 1.54) is 0 Å². The quantitative estimate of drug-likeness (QED) is 0.565. The summed E-state index contributed by atoms with van der Waals surface area (Å²) in [6.45, 7) is 0. The first-order chi connectivity index (χ1) is 5.24. The predicted molar refractivity (Wildman–Crippen MR) is 44.6 cm³/mol. The third kappa shape index (κ3) is 2.20. The van der Waals surface area contributed by atoms with Crippen LogP contribution in [0.4, 0.5) is 0 Å². The molecule has 0 unspecified atom stereocenters. The average molecular weight is 191 g/mol. The van der Waals surface area contributed by atoms with Crippen molar-refractivity contribution in [2.75, 3.05) is 0 Å². The van der Waals surface area contributed by atoms with Crippen molar-refractivity contribution >= 4 is 22.3 Å². The van der Waals surface area contributed by atoms with Crippen LogP contribution in [-0.2, 0) is 16.6 Å². The number of benzene rings is 1. The average Bonchev–Trinajstić information content (AvgIpc) is 2.05. The van der Waals surface area contributed by atoms with Crippen LogP contribution in [0.25, 0.3) is 0 Å². The van der Waals surface area contributed by atoms with Crippen LogP contribution in [0.3, 0.4) is 0 Å². The van der Waals surface area contributed by atoms with Gasteiger partial charge in [-0.2, -0.15) is 0 Å². The molecular weight excluding hydrogens is 184 g/mol. The van der Waals surface area contributed by atoms with Gasteiger partial charge in [-0.1, -0.05) is 12.1 Å². The lowest BCUT2D eigenvalue weighted by Gasteiger charge is -1.94. The fraction of sp³-hybridized carbons (Fsp3) is 0.143. The highest BCUT2D eigenvalue weighted by Gasteiger charge is 1.94. The largest absolute Gasteiger partial charge is 0.227 e. The van der Waals surface area contributed by atoms with Crippen LogP contribution in [0.5, 0.6) is 0 Å². The molecule has 1 rings (SSSR count). The van der Waals surface area contributed by atoms with Gasteiger partial charge in [0.25, 0.3) is 0 Å². The first-order valence-corrected chi connectivity index (χ1v) is 4.74. The van der Waals surface area contributed by atoms with Crippen molar-refractivity contribution in [3.8, 4) is 0 Å². The Labute approximate surface area is 71.8 Å². The molecule has 0 amide bonds. The molecule has 1 aromatic rings. The molecule has 0 aliphatic rings. The van der Waals surface area contributed by atoms with E-state index in [9.17, 15) is 8.42 Å². The van der Waals surface area contributed by atoms with Crippen molar-refractivity contribution in [1.29, 1.82) is 0 Å². The molecule has 0 heterocycles. The number of thiol groups is 1. The zero-order valence-electron chi connectivity index (χ0n) is 5.66. The summed E-state index contributed by atoms with van der Waals surface area (Å²) < 4.78 is 20.9. The van der Waals surface area contributed by atoms with Crippen LogP contribution in [0, 0.1) is 0 Å². The molecule has 0 aliphatic heterocycles. The van der Waals surface area contributed by atoms with Crippen molar-refractivity contribution in [2.24, 2.45) is 0 Å². The maximum Gasteiger partial charge on any atom is 0.168 e. The summed E-state index contributed by atoms with van der Waals surface area (Å²) in [5.41, 5.74) is 0.823. The molecule has 0 aromatic heterocycles. The van der Waals surface area contributed by atoms with Gasteiger partial charge in [0.2, 0.25) is 0 Å². The maximum atomic E-state index is 10.5. The lowest BCUT2D eigenvalue weighted by molar-refractivity contribution is 0.614. The number of hydrogen-bond donors (Lipinski definition) is 1. The van der Waals surface area contributed by atoms with E-state index in [0.29, 0.717) is 10.8 Å². The number of rotatable bonds is 2. The normalized spacial score (nSPS) is 10.4. The molecule has 1 aromatic carbocycles. The van der Waals surface area contributed by atoms with Crippen LogP contribution in [0.1, 0.15) is 5.56 Å². The maximum absolute atomic E-state index is 10.5. The second-order valence-corrected chi connectivity index (χ2v) is 3.36. The Morgan fingerprint density at radius 2 is 2.09 bits per heavy atom. The Bertz CT molecular complexity index is 312. The molecule has 0 fully saturated rings. The molecule has 0 N–H and O–H groups in total. The molecule has 0 bridgehead atoms. The SMILES string of the molecule is O=[SH](=O)c1cccc(CCl)c1. The lowest BCUT2D eigenvalue weighted by Crippen LogP contribution is -1.82. The minimum atomic E-state index is -2.48. The van der Waals surface area contributed by atoms with E-state index >= 15 is 0 Å². The predicted octanol–water partition coefficient (Wildman–Crippen LogP) is 1.40. The van der Waals surface area contributed by atoms with Gasteiger partial charge in [0.05, 0.1) is 4.90 Å². The summed E-state index contributed by atoms with van der Waals surface area (Å²) >= 11 is 5.51. The van der Waals surface area contributed by atoms with Gasteiger partial charge < -0.3 is 0 Å². The number of halogens is 1. The van der Waals surface area contributed by atoms with Crippen LogP contribution in [0.2, 0.25) is 0 Å². The van der Waals surface area contributed by atoms with Crippen molar-refractivity contribution < 1.29 is 8.42 Å². The highest BCUT2D eigenvalue weighted by atomic mass is 35.5. The monoisotopic (exact) mass is 190 g/mol. The molecule has 0 atom stereocenters. The Kier molecular flexibility index (Phi) is 2.91. The number of hydrogen-bond acceptors (Lipinski definition) is 2. The van der Waals surface area contributed by atoms with E-state index in [1.54, 1.807) is 24.3 Å². The fourth-order valence-electron chi connectivity index (χ4n) is 0.753. The van der Waals surface area contributed by atoms with Crippen LogP contribution < -0.4 is 0 Å². The number of alkyl halides is 1. The first-order valence-electron chi connectivity index (χ1n) is 3.03. The van der Waals surface area contributed by atoms with Gasteiger partial charge in [0.15, 0.2) is 10.7 Å². The molecule has 0 saturated heterocycles. The van der Waals surface area contributed by atoms with Crippen LogP contribution in [0.15, 0.2) is 29.2 Å². The third-order valence-electron chi connectivity index (χ3n) is 1.28.